The van der Waals surface area contributed by atoms with Crippen LogP contribution in [0.2, 0.25) is 0 Å². The summed E-state index contributed by atoms with van der Waals surface area (Å²) in [4.78, 5) is 12.1. The minimum Gasteiger partial charge on any atom is -0.288 e. The Balaban J connectivity index is 1.86. The Bertz CT molecular complexity index is 1080. The molecule has 1 heterocycles. The number of nitrogens with one attached hydrogen (secondary N) is 2. The van der Waals surface area contributed by atoms with Crippen LogP contribution in [0.1, 0.15) is 10.4 Å². The number of hydrogen-bond donors (Lipinski definition) is 3. The predicted octanol–water partition coefficient (Wildman–Crippen LogP) is 3.53. The van der Waals surface area contributed by atoms with Crippen molar-refractivity contribution < 1.29 is 18.4 Å². The maximum Gasteiger partial charge on any atom is 0.267 e. The van der Waals surface area contributed by atoms with E-state index in [1.165, 1.54) is 22.9 Å². The van der Waals surface area contributed by atoms with Crippen molar-refractivity contribution in [3.05, 3.63) is 65.0 Å². The van der Waals surface area contributed by atoms with E-state index >= 15 is 0 Å². The van der Waals surface area contributed by atoms with Crippen molar-refractivity contribution in [1.82, 2.24) is 5.48 Å². The van der Waals surface area contributed by atoms with Crippen LogP contribution in [0, 0.1) is 6.92 Å². The summed E-state index contributed by atoms with van der Waals surface area (Å²) in [5.41, 5.74) is 2.97. The summed E-state index contributed by atoms with van der Waals surface area (Å²) in [7, 11) is -3.66. The zero-order chi connectivity index (χ0) is 18.7. The molecule has 0 fully saturated rings. The van der Waals surface area contributed by atoms with Gasteiger partial charge in [0.1, 0.15) is 0 Å². The molecule has 0 saturated carbocycles. The summed E-state index contributed by atoms with van der Waals surface area (Å²) in [5.74, 6) is -0.617. The number of anilines is 1. The molecule has 6 nitrogen and oxygen atoms in total. The van der Waals surface area contributed by atoms with Crippen molar-refractivity contribution >= 4 is 49.1 Å². The lowest BCUT2D eigenvalue weighted by Gasteiger charge is -2.08. The monoisotopic (exact) mass is 388 g/mol. The fraction of sp³-hybridized carbons (Fsp3) is 0.0556. The van der Waals surface area contributed by atoms with E-state index < -0.39 is 15.9 Å². The molecule has 0 aliphatic rings. The van der Waals surface area contributed by atoms with Crippen LogP contribution in [-0.2, 0) is 14.8 Å². The number of hydrogen-bond acceptors (Lipinski definition) is 5. The van der Waals surface area contributed by atoms with Gasteiger partial charge < -0.3 is 0 Å². The molecule has 0 unspecified atom stereocenters. The van der Waals surface area contributed by atoms with E-state index in [1.807, 2.05) is 19.1 Å². The van der Waals surface area contributed by atoms with Crippen LogP contribution in [-0.4, -0.2) is 19.5 Å². The Kier molecular flexibility index (Phi) is 5.08. The van der Waals surface area contributed by atoms with Crippen LogP contribution in [0.25, 0.3) is 16.2 Å². The van der Waals surface area contributed by atoms with Crippen molar-refractivity contribution in [2.45, 2.75) is 11.8 Å². The Hall–Kier alpha value is -2.68. The summed E-state index contributed by atoms with van der Waals surface area (Å²) in [5, 5.41) is 9.34. The smallest absolute Gasteiger partial charge is 0.267 e. The number of amides is 1. The normalized spacial score (nSPS) is 11.8. The van der Waals surface area contributed by atoms with Crippen LogP contribution in [0.5, 0.6) is 0 Å². The first-order valence-electron chi connectivity index (χ1n) is 7.62. The van der Waals surface area contributed by atoms with Gasteiger partial charge in [0.15, 0.2) is 0 Å². The van der Waals surface area contributed by atoms with Crippen molar-refractivity contribution in [1.29, 1.82) is 0 Å². The molecule has 3 N–H and O–H groups in total. The number of rotatable bonds is 5. The van der Waals surface area contributed by atoms with Gasteiger partial charge in [0.25, 0.3) is 15.9 Å². The molecule has 3 rings (SSSR count). The van der Waals surface area contributed by atoms with Gasteiger partial charge >= 0.3 is 0 Å². The van der Waals surface area contributed by atoms with Gasteiger partial charge in [0.2, 0.25) is 0 Å². The number of thiophene rings is 1. The van der Waals surface area contributed by atoms with Gasteiger partial charge in [0.05, 0.1) is 4.90 Å². The molecule has 1 amide bonds. The zero-order valence-corrected chi connectivity index (χ0v) is 15.4. The van der Waals surface area contributed by atoms with Crippen molar-refractivity contribution in [3.63, 3.8) is 0 Å². The number of aryl methyl sites for hydroxylation is 1. The molecule has 3 aromatic rings. The average molecular weight is 388 g/mol. The van der Waals surface area contributed by atoms with Crippen molar-refractivity contribution in [2.24, 2.45) is 0 Å². The predicted molar refractivity (Wildman–Crippen MR) is 103 cm³/mol. The lowest BCUT2D eigenvalue weighted by molar-refractivity contribution is -0.124. The standard InChI is InChI=1S/C18H16N2O4S2/c1-12-2-6-16(7-3-12)26(23,24)20-14-4-8-17-13(10-14)11-15(25-17)5-9-18(21)19-22/h2-11,20,22H,1H3,(H,19,21)/b9-5+. The van der Waals surface area contributed by atoms with Crippen molar-refractivity contribution in [2.75, 3.05) is 4.72 Å². The van der Waals surface area contributed by atoms with Crippen molar-refractivity contribution in [3.8, 4) is 0 Å². The largest absolute Gasteiger partial charge is 0.288 e. The van der Waals surface area contributed by atoms with Crippen LogP contribution < -0.4 is 10.2 Å². The molecular weight excluding hydrogens is 372 g/mol. The first-order valence-corrected chi connectivity index (χ1v) is 9.92. The first kappa shape index (κ1) is 18.1. The maximum absolute atomic E-state index is 12.5. The number of carbonyl (C=O) groups excluding carboxylic acids is 1. The van der Waals surface area contributed by atoms with Gasteiger partial charge in [-0.1, -0.05) is 17.7 Å². The van der Waals surface area contributed by atoms with Gasteiger partial charge in [-0.25, -0.2) is 13.9 Å². The summed E-state index contributed by atoms with van der Waals surface area (Å²) in [6.45, 7) is 1.89. The molecule has 0 spiro atoms. The highest BCUT2D eigenvalue weighted by Gasteiger charge is 2.14. The number of carbonyl (C=O) groups is 1. The van der Waals surface area contributed by atoms with E-state index in [2.05, 4.69) is 4.72 Å². The Labute approximate surface area is 154 Å². The van der Waals surface area contributed by atoms with E-state index in [4.69, 9.17) is 5.21 Å². The number of benzene rings is 2. The summed E-state index contributed by atoms with van der Waals surface area (Å²) in [6.07, 6.45) is 2.79. The number of fused-ring (bicyclic) bond motifs is 1. The topological polar surface area (TPSA) is 95.5 Å². The first-order chi connectivity index (χ1) is 12.4. The minimum atomic E-state index is -3.66. The molecule has 0 aliphatic heterocycles. The minimum absolute atomic E-state index is 0.201. The molecule has 1 aromatic heterocycles. The zero-order valence-electron chi connectivity index (χ0n) is 13.8. The molecule has 26 heavy (non-hydrogen) atoms. The Morgan fingerprint density at radius 3 is 2.54 bits per heavy atom. The molecular formula is C18H16N2O4S2. The third kappa shape index (κ3) is 4.10. The highest BCUT2D eigenvalue weighted by Crippen LogP contribution is 2.29. The third-order valence-electron chi connectivity index (χ3n) is 3.63. The fourth-order valence-electron chi connectivity index (χ4n) is 2.34. The van der Waals surface area contributed by atoms with E-state index in [0.29, 0.717) is 5.69 Å². The van der Waals surface area contributed by atoms with Crippen LogP contribution >= 0.6 is 11.3 Å². The molecule has 0 bridgehead atoms. The third-order valence-corrected chi connectivity index (χ3v) is 6.11. The van der Waals surface area contributed by atoms with E-state index in [0.717, 1.165) is 20.5 Å². The lowest BCUT2D eigenvalue weighted by atomic mass is 10.2. The van der Waals surface area contributed by atoms with Crippen LogP contribution in [0.4, 0.5) is 5.69 Å². The van der Waals surface area contributed by atoms with Gasteiger partial charge in [0, 0.05) is 21.3 Å². The maximum atomic E-state index is 12.5. The molecule has 0 aliphatic carbocycles. The van der Waals surface area contributed by atoms with Gasteiger partial charge in [-0.3, -0.25) is 14.7 Å². The van der Waals surface area contributed by atoms with Crippen LogP contribution in [0.3, 0.4) is 0 Å². The molecule has 0 radical (unpaired) electrons. The van der Waals surface area contributed by atoms with E-state index in [9.17, 15) is 13.2 Å². The Morgan fingerprint density at radius 2 is 1.85 bits per heavy atom. The molecule has 134 valence electrons. The molecule has 8 heteroatoms. The highest BCUT2D eigenvalue weighted by atomic mass is 32.2. The lowest BCUT2D eigenvalue weighted by Crippen LogP contribution is -2.14. The second-order valence-electron chi connectivity index (χ2n) is 5.63. The van der Waals surface area contributed by atoms with Gasteiger partial charge in [-0.15, -0.1) is 11.3 Å². The summed E-state index contributed by atoms with van der Waals surface area (Å²) in [6, 6.07) is 13.7. The van der Waals surface area contributed by atoms with E-state index in [-0.39, 0.29) is 4.90 Å². The van der Waals surface area contributed by atoms with Crippen LogP contribution in [0.15, 0.2) is 59.5 Å². The SMILES string of the molecule is Cc1ccc(S(=O)(=O)Nc2ccc3sc(/C=C/C(=O)NO)cc3c2)cc1. The fourth-order valence-corrected chi connectivity index (χ4v) is 4.33. The molecule has 0 atom stereocenters. The van der Waals surface area contributed by atoms with Gasteiger partial charge in [-0.2, -0.15) is 0 Å². The summed E-state index contributed by atoms with van der Waals surface area (Å²) >= 11 is 1.45. The quantitative estimate of drug-likeness (QED) is 0.354. The second-order valence-corrected chi connectivity index (χ2v) is 8.43. The van der Waals surface area contributed by atoms with Gasteiger partial charge in [-0.05, 0) is 54.8 Å². The second kappa shape index (κ2) is 7.28. The number of sulfonamides is 1. The number of hydroxylamine groups is 1. The average Bonchev–Trinajstić information content (AvgIpc) is 3.01. The summed E-state index contributed by atoms with van der Waals surface area (Å²) < 4.78 is 28.5. The van der Waals surface area contributed by atoms with E-state index in [1.54, 1.807) is 42.5 Å². The highest BCUT2D eigenvalue weighted by molar-refractivity contribution is 7.92. The Morgan fingerprint density at radius 1 is 1.12 bits per heavy atom. The molecule has 0 saturated heterocycles. The molecule has 2 aromatic carbocycles.